The molecule has 0 radical (unpaired) electrons. The lowest BCUT2D eigenvalue weighted by molar-refractivity contribution is 0.256. The van der Waals surface area contributed by atoms with E-state index in [0.29, 0.717) is 11.4 Å². The molecule has 2 aromatic rings. The van der Waals surface area contributed by atoms with Crippen molar-refractivity contribution in [2.45, 2.75) is 56.9 Å². The SMILES string of the molecule is CCCCNc1ncccc1[C@H]1CCCCN1S(=O)(=O)c1ccc(C)cc1. The Morgan fingerprint density at radius 2 is 1.96 bits per heavy atom. The number of nitrogens with one attached hydrogen (secondary N) is 1. The van der Waals surface area contributed by atoms with E-state index >= 15 is 0 Å². The smallest absolute Gasteiger partial charge is 0.243 e. The molecule has 27 heavy (non-hydrogen) atoms. The summed E-state index contributed by atoms with van der Waals surface area (Å²) in [5.74, 6) is 0.807. The zero-order valence-electron chi connectivity index (χ0n) is 16.2. The Hall–Kier alpha value is -1.92. The van der Waals surface area contributed by atoms with Crippen LogP contribution in [0.1, 0.15) is 56.2 Å². The Kier molecular flexibility index (Phi) is 6.50. The van der Waals surface area contributed by atoms with E-state index in [9.17, 15) is 8.42 Å². The summed E-state index contributed by atoms with van der Waals surface area (Å²) in [5.41, 5.74) is 2.03. The molecular formula is C21H29N3O2S. The molecular weight excluding hydrogens is 358 g/mol. The number of anilines is 1. The van der Waals surface area contributed by atoms with Crippen molar-refractivity contribution in [1.29, 1.82) is 0 Å². The number of sulfonamides is 1. The second-order valence-electron chi connectivity index (χ2n) is 7.16. The Bertz CT molecular complexity index is 850. The topological polar surface area (TPSA) is 62.3 Å². The minimum atomic E-state index is -3.54. The molecule has 1 aromatic carbocycles. The van der Waals surface area contributed by atoms with Crippen LogP contribution in [0.2, 0.25) is 0 Å². The van der Waals surface area contributed by atoms with Crippen molar-refractivity contribution in [3.63, 3.8) is 0 Å². The Morgan fingerprint density at radius 3 is 2.70 bits per heavy atom. The highest BCUT2D eigenvalue weighted by Gasteiger charge is 2.35. The third-order valence-corrected chi connectivity index (χ3v) is 7.02. The van der Waals surface area contributed by atoms with E-state index in [1.807, 2.05) is 31.2 Å². The number of pyridine rings is 1. The van der Waals surface area contributed by atoms with Crippen LogP contribution in [-0.2, 0) is 10.0 Å². The summed E-state index contributed by atoms with van der Waals surface area (Å²) in [4.78, 5) is 4.86. The number of aryl methyl sites for hydroxylation is 1. The summed E-state index contributed by atoms with van der Waals surface area (Å²) < 4.78 is 28.3. The van der Waals surface area contributed by atoms with Gasteiger partial charge in [0.1, 0.15) is 5.82 Å². The maximum Gasteiger partial charge on any atom is 0.243 e. The van der Waals surface area contributed by atoms with Crippen molar-refractivity contribution < 1.29 is 8.42 Å². The Balaban J connectivity index is 1.93. The van der Waals surface area contributed by atoms with Gasteiger partial charge in [0.2, 0.25) is 10.0 Å². The monoisotopic (exact) mass is 387 g/mol. The Labute approximate surface area is 162 Å². The van der Waals surface area contributed by atoms with Gasteiger partial charge in [-0.2, -0.15) is 4.31 Å². The van der Waals surface area contributed by atoms with Crippen LogP contribution in [0.4, 0.5) is 5.82 Å². The van der Waals surface area contributed by atoms with Crippen LogP contribution < -0.4 is 5.32 Å². The fourth-order valence-electron chi connectivity index (χ4n) is 3.57. The first-order valence-corrected chi connectivity index (χ1v) is 11.3. The van der Waals surface area contributed by atoms with Gasteiger partial charge in [0.25, 0.3) is 0 Å². The van der Waals surface area contributed by atoms with E-state index in [2.05, 4.69) is 17.2 Å². The van der Waals surface area contributed by atoms with Crippen LogP contribution in [-0.4, -0.2) is 30.8 Å². The van der Waals surface area contributed by atoms with Crippen molar-refractivity contribution in [1.82, 2.24) is 9.29 Å². The van der Waals surface area contributed by atoms with Crippen LogP contribution in [0, 0.1) is 6.92 Å². The number of benzene rings is 1. The summed E-state index contributed by atoms with van der Waals surface area (Å²) in [5, 5.41) is 3.40. The lowest BCUT2D eigenvalue weighted by atomic mass is 9.98. The summed E-state index contributed by atoms with van der Waals surface area (Å²) in [6.45, 7) is 5.50. The lowest BCUT2D eigenvalue weighted by Gasteiger charge is -2.35. The van der Waals surface area contributed by atoms with Gasteiger partial charge in [0.05, 0.1) is 10.9 Å². The summed E-state index contributed by atoms with van der Waals surface area (Å²) in [7, 11) is -3.54. The quantitative estimate of drug-likeness (QED) is 0.710. The molecule has 3 rings (SSSR count). The fourth-order valence-corrected chi connectivity index (χ4v) is 5.24. The molecule has 0 amide bonds. The third-order valence-electron chi connectivity index (χ3n) is 5.10. The molecule has 1 aliphatic rings. The van der Waals surface area contributed by atoms with Gasteiger partial charge in [-0.15, -0.1) is 0 Å². The molecule has 1 N–H and O–H groups in total. The predicted molar refractivity (Wildman–Crippen MR) is 109 cm³/mol. The van der Waals surface area contributed by atoms with E-state index in [0.717, 1.165) is 55.6 Å². The summed E-state index contributed by atoms with van der Waals surface area (Å²) in [6.07, 6.45) is 6.66. The van der Waals surface area contributed by atoms with E-state index in [-0.39, 0.29) is 6.04 Å². The van der Waals surface area contributed by atoms with Gasteiger partial charge in [-0.25, -0.2) is 13.4 Å². The van der Waals surface area contributed by atoms with Crippen LogP contribution in [0.15, 0.2) is 47.5 Å². The zero-order valence-corrected chi connectivity index (χ0v) is 17.0. The first-order valence-electron chi connectivity index (χ1n) is 9.81. The van der Waals surface area contributed by atoms with Crippen molar-refractivity contribution in [3.05, 3.63) is 53.7 Å². The molecule has 1 aromatic heterocycles. The highest BCUT2D eigenvalue weighted by Crippen LogP contribution is 2.37. The van der Waals surface area contributed by atoms with Crippen molar-refractivity contribution >= 4 is 15.8 Å². The van der Waals surface area contributed by atoms with Gasteiger partial charge >= 0.3 is 0 Å². The molecule has 0 spiro atoms. The number of piperidine rings is 1. The molecule has 146 valence electrons. The molecule has 5 nitrogen and oxygen atoms in total. The van der Waals surface area contributed by atoms with Crippen molar-refractivity contribution in [2.24, 2.45) is 0 Å². The average molecular weight is 388 g/mol. The van der Waals surface area contributed by atoms with Gasteiger partial charge in [-0.3, -0.25) is 0 Å². The molecule has 0 unspecified atom stereocenters. The normalized spacial score (nSPS) is 18.4. The molecule has 2 heterocycles. The number of rotatable bonds is 7. The minimum Gasteiger partial charge on any atom is -0.370 e. The summed E-state index contributed by atoms with van der Waals surface area (Å²) in [6, 6.07) is 10.9. The molecule has 0 saturated carbocycles. The molecule has 1 atom stereocenters. The maximum atomic E-state index is 13.3. The number of unbranched alkanes of at least 4 members (excludes halogenated alkanes) is 1. The number of hydrogen-bond donors (Lipinski definition) is 1. The second-order valence-corrected chi connectivity index (χ2v) is 9.05. The minimum absolute atomic E-state index is 0.178. The lowest BCUT2D eigenvalue weighted by Crippen LogP contribution is -2.38. The van der Waals surface area contributed by atoms with Crippen molar-refractivity contribution in [3.8, 4) is 0 Å². The van der Waals surface area contributed by atoms with Crippen LogP contribution in [0.5, 0.6) is 0 Å². The maximum absolute atomic E-state index is 13.3. The van der Waals surface area contributed by atoms with E-state index in [1.54, 1.807) is 22.6 Å². The van der Waals surface area contributed by atoms with Gasteiger partial charge in [-0.05, 0) is 44.4 Å². The molecule has 1 saturated heterocycles. The summed E-state index contributed by atoms with van der Waals surface area (Å²) >= 11 is 0. The van der Waals surface area contributed by atoms with E-state index in [4.69, 9.17) is 0 Å². The molecule has 1 aliphatic heterocycles. The third kappa shape index (κ3) is 4.50. The first kappa shape index (κ1) is 19.8. The highest BCUT2D eigenvalue weighted by atomic mass is 32.2. The largest absolute Gasteiger partial charge is 0.370 e. The average Bonchev–Trinajstić information content (AvgIpc) is 2.69. The van der Waals surface area contributed by atoms with Gasteiger partial charge in [-0.1, -0.05) is 43.5 Å². The van der Waals surface area contributed by atoms with Crippen LogP contribution in [0.25, 0.3) is 0 Å². The first-order chi connectivity index (χ1) is 13.0. The number of hydrogen-bond acceptors (Lipinski definition) is 4. The number of nitrogens with zero attached hydrogens (tertiary/aromatic N) is 2. The molecule has 6 heteroatoms. The van der Waals surface area contributed by atoms with E-state index < -0.39 is 10.0 Å². The van der Waals surface area contributed by atoms with Gasteiger partial charge in [0.15, 0.2) is 0 Å². The van der Waals surface area contributed by atoms with Crippen LogP contribution in [0.3, 0.4) is 0 Å². The number of aromatic nitrogens is 1. The predicted octanol–water partition coefficient (Wildman–Crippen LogP) is 4.52. The highest BCUT2D eigenvalue weighted by molar-refractivity contribution is 7.89. The zero-order chi connectivity index (χ0) is 19.3. The molecule has 0 aliphatic carbocycles. The van der Waals surface area contributed by atoms with Crippen molar-refractivity contribution in [2.75, 3.05) is 18.4 Å². The Morgan fingerprint density at radius 1 is 1.19 bits per heavy atom. The van der Waals surface area contributed by atoms with E-state index in [1.165, 1.54) is 0 Å². The van der Waals surface area contributed by atoms with Gasteiger partial charge < -0.3 is 5.32 Å². The fraction of sp³-hybridized carbons (Fsp3) is 0.476. The second kappa shape index (κ2) is 8.85. The van der Waals surface area contributed by atoms with Gasteiger partial charge in [0, 0.05) is 24.8 Å². The standard InChI is InChI=1S/C21H29N3O2S/c1-3-4-14-22-21-19(8-7-15-23-21)20-9-5-6-16-24(20)27(25,26)18-12-10-17(2)11-13-18/h7-8,10-13,15,20H,3-6,9,14,16H2,1-2H3,(H,22,23)/t20-/m1/s1. The molecule has 1 fully saturated rings. The molecule has 0 bridgehead atoms. The van der Waals surface area contributed by atoms with Crippen LogP contribution >= 0.6 is 0 Å².